The number of hydrogen-bond donors (Lipinski definition) is 1. The summed E-state index contributed by atoms with van der Waals surface area (Å²) in [6, 6.07) is 19.3. The van der Waals surface area contributed by atoms with Crippen LogP contribution in [0.3, 0.4) is 0 Å². The second-order valence-electron chi connectivity index (χ2n) is 7.72. The molecule has 2 aromatic carbocycles. The quantitative estimate of drug-likeness (QED) is 0.406. The number of carbonyl (C=O) groups is 1. The number of para-hydroxylation sites is 1. The number of hydrogen-bond acceptors (Lipinski definition) is 5. The number of anilines is 1. The van der Waals surface area contributed by atoms with Crippen LogP contribution in [0.15, 0.2) is 75.4 Å². The molecule has 0 bridgehead atoms. The lowest BCUT2D eigenvalue weighted by Gasteiger charge is -2.10. The third kappa shape index (κ3) is 4.93. The molecule has 2 heterocycles. The molecular weight excluding hydrogens is 438 g/mol. The van der Waals surface area contributed by atoms with Gasteiger partial charge in [0.1, 0.15) is 0 Å². The average Bonchev–Trinajstić information content (AvgIpc) is 3.20. The Morgan fingerprint density at radius 3 is 2.33 bits per heavy atom. The van der Waals surface area contributed by atoms with Crippen molar-refractivity contribution in [1.29, 1.82) is 0 Å². The van der Waals surface area contributed by atoms with E-state index in [2.05, 4.69) is 22.4 Å². The van der Waals surface area contributed by atoms with E-state index >= 15 is 0 Å². The first-order valence-corrected chi connectivity index (χ1v) is 11.6. The largest absolute Gasteiger partial charge is 0.332 e. The summed E-state index contributed by atoms with van der Waals surface area (Å²) in [7, 11) is 3.06. The van der Waals surface area contributed by atoms with Crippen LogP contribution < -0.4 is 16.6 Å². The highest BCUT2D eigenvalue weighted by molar-refractivity contribution is 7.99. The molecule has 9 heteroatoms. The molecule has 2 aromatic heterocycles. The number of fused-ring (bicyclic) bond motifs is 1. The lowest BCUT2D eigenvalue weighted by Crippen LogP contribution is -2.37. The molecule has 4 rings (SSSR count). The first-order chi connectivity index (χ1) is 16.0. The molecule has 0 aliphatic rings. The molecule has 1 N–H and O–H groups in total. The van der Waals surface area contributed by atoms with Gasteiger partial charge in [0.15, 0.2) is 16.3 Å². The molecule has 0 unspecified atom stereocenters. The van der Waals surface area contributed by atoms with Crippen LogP contribution in [0.4, 0.5) is 5.69 Å². The molecule has 4 aromatic rings. The smallest absolute Gasteiger partial charge is 0.325 e. The Labute approximate surface area is 194 Å². The highest BCUT2D eigenvalue weighted by Crippen LogP contribution is 2.23. The van der Waals surface area contributed by atoms with Gasteiger partial charge in [0.05, 0.1) is 5.75 Å². The highest BCUT2D eigenvalue weighted by Gasteiger charge is 2.20. The maximum absolute atomic E-state index is 12.9. The van der Waals surface area contributed by atoms with Crippen LogP contribution >= 0.6 is 11.8 Å². The van der Waals surface area contributed by atoms with E-state index in [0.29, 0.717) is 22.9 Å². The van der Waals surface area contributed by atoms with Gasteiger partial charge in [-0.25, -0.2) is 9.78 Å². The predicted molar refractivity (Wildman–Crippen MR) is 131 cm³/mol. The summed E-state index contributed by atoms with van der Waals surface area (Å²) in [5, 5.41) is 3.39. The van der Waals surface area contributed by atoms with Gasteiger partial charge in [-0.2, -0.15) is 0 Å². The molecule has 0 spiro atoms. The van der Waals surface area contributed by atoms with E-state index in [1.165, 1.54) is 28.9 Å². The number of thioether (sulfide) groups is 1. The zero-order chi connectivity index (χ0) is 23.4. The van der Waals surface area contributed by atoms with Crippen LogP contribution in [0.1, 0.15) is 12.0 Å². The summed E-state index contributed by atoms with van der Waals surface area (Å²) in [5.74, 6) is -0.0404. The summed E-state index contributed by atoms with van der Waals surface area (Å²) in [6.45, 7) is 0.543. The van der Waals surface area contributed by atoms with Crippen LogP contribution in [0, 0.1) is 0 Å². The summed E-state index contributed by atoms with van der Waals surface area (Å²) in [5.41, 5.74) is 1.81. The third-order valence-electron chi connectivity index (χ3n) is 5.39. The van der Waals surface area contributed by atoms with Crippen molar-refractivity contribution in [3.8, 4) is 0 Å². The van der Waals surface area contributed by atoms with Crippen molar-refractivity contribution in [3.05, 3.63) is 87.1 Å². The monoisotopic (exact) mass is 463 g/mol. The van der Waals surface area contributed by atoms with Gasteiger partial charge >= 0.3 is 5.69 Å². The van der Waals surface area contributed by atoms with Crippen LogP contribution in [-0.2, 0) is 31.9 Å². The Bertz CT molecular complexity index is 1390. The van der Waals surface area contributed by atoms with Crippen LogP contribution in [0.5, 0.6) is 0 Å². The van der Waals surface area contributed by atoms with Crippen LogP contribution in [0.25, 0.3) is 11.2 Å². The number of rotatable bonds is 8. The molecule has 0 atom stereocenters. The van der Waals surface area contributed by atoms with Crippen LogP contribution in [-0.4, -0.2) is 30.3 Å². The number of aromatic nitrogens is 4. The molecule has 8 nitrogen and oxygen atoms in total. The van der Waals surface area contributed by atoms with Gasteiger partial charge in [-0.05, 0) is 30.5 Å². The molecule has 170 valence electrons. The maximum atomic E-state index is 12.9. The molecule has 0 saturated heterocycles. The lowest BCUT2D eigenvalue weighted by molar-refractivity contribution is -0.113. The molecule has 0 radical (unpaired) electrons. The van der Waals surface area contributed by atoms with E-state index in [4.69, 9.17) is 0 Å². The molecular formula is C24H25N5O3S. The minimum atomic E-state index is -0.431. The number of nitrogens with zero attached hydrogens (tertiary/aromatic N) is 4. The number of benzene rings is 2. The van der Waals surface area contributed by atoms with Crippen molar-refractivity contribution in [2.45, 2.75) is 24.5 Å². The molecule has 0 aliphatic heterocycles. The average molecular weight is 464 g/mol. The Balaban J connectivity index is 1.61. The van der Waals surface area contributed by atoms with E-state index in [-0.39, 0.29) is 17.2 Å². The van der Waals surface area contributed by atoms with E-state index in [0.717, 1.165) is 23.1 Å². The second kappa shape index (κ2) is 9.91. The predicted octanol–water partition coefficient (Wildman–Crippen LogP) is 2.80. The fraction of sp³-hybridized carbons (Fsp3) is 0.250. The van der Waals surface area contributed by atoms with Crippen molar-refractivity contribution < 1.29 is 4.79 Å². The van der Waals surface area contributed by atoms with E-state index in [1.807, 2.05) is 53.1 Å². The first-order valence-electron chi connectivity index (χ1n) is 10.6. The summed E-state index contributed by atoms with van der Waals surface area (Å²) in [4.78, 5) is 42.4. The van der Waals surface area contributed by atoms with Gasteiger partial charge in [0.25, 0.3) is 5.56 Å². The fourth-order valence-corrected chi connectivity index (χ4v) is 4.50. The standard InChI is InChI=1S/C24H25N5O3S/c1-27-21-20(22(31)28(2)24(27)32)29(15-9-12-17-10-5-3-6-11-17)23(26-21)33-16-19(30)25-18-13-7-4-8-14-18/h3-8,10-11,13-14H,9,12,15-16H2,1-2H3,(H,25,30). The normalized spacial score (nSPS) is 11.1. The molecule has 0 aliphatic carbocycles. The molecule has 1 amide bonds. The number of aryl methyl sites for hydroxylation is 3. The van der Waals surface area contributed by atoms with Gasteiger partial charge in [-0.3, -0.25) is 18.7 Å². The van der Waals surface area contributed by atoms with E-state index in [1.54, 1.807) is 7.05 Å². The highest BCUT2D eigenvalue weighted by atomic mass is 32.2. The summed E-state index contributed by atoms with van der Waals surface area (Å²) < 4.78 is 4.30. The zero-order valence-electron chi connectivity index (χ0n) is 18.5. The summed E-state index contributed by atoms with van der Waals surface area (Å²) >= 11 is 1.25. The third-order valence-corrected chi connectivity index (χ3v) is 6.37. The fourth-order valence-electron chi connectivity index (χ4n) is 3.68. The number of imidazole rings is 1. The van der Waals surface area contributed by atoms with Crippen molar-refractivity contribution in [3.63, 3.8) is 0 Å². The zero-order valence-corrected chi connectivity index (χ0v) is 19.3. The lowest BCUT2D eigenvalue weighted by atomic mass is 10.1. The summed E-state index contributed by atoms with van der Waals surface area (Å²) in [6.07, 6.45) is 1.62. The van der Waals surface area contributed by atoms with Gasteiger partial charge in [-0.15, -0.1) is 0 Å². The van der Waals surface area contributed by atoms with Crippen molar-refractivity contribution in [1.82, 2.24) is 18.7 Å². The van der Waals surface area contributed by atoms with Gasteiger partial charge in [0, 0.05) is 26.3 Å². The Morgan fingerprint density at radius 1 is 0.970 bits per heavy atom. The van der Waals surface area contributed by atoms with Gasteiger partial charge < -0.3 is 9.88 Å². The Hall–Kier alpha value is -3.59. The topological polar surface area (TPSA) is 90.9 Å². The van der Waals surface area contributed by atoms with E-state index in [9.17, 15) is 14.4 Å². The van der Waals surface area contributed by atoms with Crippen molar-refractivity contribution >= 4 is 34.5 Å². The van der Waals surface area contributed by atoms with E-state index < -0.39 is 5.69 Å². The van der Waals surface area contributed by atoms with Crippen molar-refractivity contribution in [2.75, 3.05) is 11.1 Å². The van der Waals surface area contributed by atoms with Crippen LogP contribution in [0.2, 0.25) is 0 Å². The Morgan fingerprint density at radius 2 is 1.64 bits per heavy atom. The Kier molecular flexibility index (Phi) is 6.79. The first kappa shape index (κ1) is 22.6. The number of carbonyl (C=O) groups excluding carboxylic acids is 1. The second-order valence-corrected chi connectivity index (χ2v) is 8.66. The molecule has 33 heavy (non-hydrogen) atoms. The SMILES string of the molecule is Cn1c(=O)c2c(nc(SCC(=O)Nc3ccccc3)n2CCCc2ccccc2)n(C)c1=O. The number of amides is 1. The van der Waals surface area contributed by atoms with Crippen molar-refractivity contribution in [2.24, 2.45) is 14.1 Å². The molecule has 0 saturated carbocycles. The minimum Gasteiger partial charge on any atom is -0.325 e. The number of nitrogens with one attached hydrogen (secondary N) is 1. The maximum Gasteiger partial charge on any atom is 0.332 e. The van der Waals surface area contributed by atoms with Gasteiger partial charge in [0.2, 0.25) is 5.91 Å². The molecule has 0 fully saturated rings. The van der Waals surface area contributed by atoms with Gasteiger partial charge in [-0.1, -0.05) is 60.3 Å². The minimum absolute atomic E-state index is 0.130.